The average molecular weight is 337 g/mol. The molecule has 6 nitrogen and oxygen atoms in total. The Morgan fingerprint density at radius 1 is 0.500 bits per heavy atom. The van der Waals surface area contributed by atoms with Crippen molar-refractivity contribution in [3.8, 4) is 0 Å². The summed E-state index contributed by atoms with van der Waals surface area (Å²) < 4.78 is 0. The van der Waals surface area contributed by atoms with Gasteiger partial charge in [-0.3, -0.25) is 0 Å². The molecule has 0 saturated carbocycles. The lowest BCUT2D eigenvalue weighted by Crippen LogP contribution is -2.33. The van der Waals surface area contributed by atoms with Gasteiger partial charge in [-0.15, -0.1) is 0 Å². The number of aromatic nitrogens is 3. The van der Waals surface area contributed by atoms with E-state index < -0.39 is 0 Å². The maximum absolute atomic E-state index is 4.81. The Bertz CT molecular complexity index is 455. The molecule has 0 aliphatic heterocycles. The smallest absolute Gasteiger partial charge is 0.231 e. The van der Waals surface area contributed by atoms with Gasteiger partial charge in [-0.25, -0.2) is 0 Å². The first-order valence-corrected chi connectivity index (χ1v) is 9.65. The molecule has 0 amide bonds. The molecule has 0 atom stereocenters. The molecule has 1 heterocycles. The van der Waals surface area contributed by atoms with Crippen LogP contribution in [0.15, 0.2) is 0 Å². The molecule has 0 saturated heterocycles. The van der Waals surface area contributed by atoms with Gasteiger partial charge in [0.1, 0.15) is 0 Å². The second kappa shape index (κ2) is 11.0. The van der Waals surface area contributed by atoms with Crippen LogP contribution in [-0.2, 0) is 0 Å². The maximum Gasteiger partial charge on any atom is 0.231 e. The van der Waals surface area contributed by atoms with Gasteiger partial charge in [0.2, 0.25) is 17.8 Å². The summed E-state index contributed by atoms with van der Waals surface area (Å²) in [6, 6.07) is 0. The molecule has 0 radical (unpaired) electrons. The number of hydrogen-bond acceptors (Lipinski definition) is 6. The SMILES string of the molecule is CCCN(CC)c1nc(N(CC)CC)nc(N(CCC)CCC)n1. The van der Waals surface area contributed by atoms with Crippen molar-refractivity contribution in [1.29, 1.82) is 0 Å². The Morgan fingerprint density at radius 3 is 1.21 bits per heavy atom. The summed E-state index contributed by atoms with van der Waals surface area (Å²) in [5.74, 6) is 2.43. The minimum atomic E-state index is 0.798. The van der Waals surface area contributed by atoms with Crippen molar-refractivity contribution < 1.29 is 0 Å². The van der Waals surface area contributed by atoms with Crippen LogP contribution in [-0.4, -0.2) is 54.2 Å². The summed E-state index contributed by atoms with van der Waals surface area (Å²) in [5.41, 5.74) is 0. The molecule has 0 bridgehead atoms. The number of rotatable bonds is 12. The van der Waals surface area contributed by atoms with Crippen molar-refractivity contribution in [3.05, 3.63) is 0 Å². The minimum Gasteiger partial charge on any atom is -0.341 e. The molecule has 6 heteroatoms. The molecular weight excluding hydrogens is 300 g/mol. The second-order valence-corrected chi connectivity index (χ2v) is 5.97. The first-order valence-electron chi connectivity index (χ1n) is 9.65. The first kappa shape index (κ1) is 20.5. The molecule has 1 aromatic rings. The Hall–Kier alpha value is -1.59. The lowest BCUT2D eigenvalue weighted by molar-refractivity contribution is 0.698. The van der Waals surface area contributed by atoms with Crippen molar-refractivity contribution >= 4 is 17.8 Å². The van der Waals surface area contributed by atoms with Gasteiger partial charge in [-0.2, -0.15) is 15.0 Å². The van der Waals surface area contributed by atoms with E-state index in [1.54, 1.807) is 0 Å². The average Bonchev–Trinajstić information content (AvgIpc) is 2.60. The normalized spacial score (nSPS) is 10.8. The van der Waals surface area contributed by atoms with Crippen LogP contribution in [0.3, 0.4) is 0 Å². The van der Waals surface area contributed by atoms with Crippen LogP contribution in [0.25, 0.3) is 0 Å². The first-order chi connectivity index (χ1) is 11.6. The number of hydrogen-bond donors (Lipinski definition) is 0. The fraction of sp³-hybridized carbons (Fsp3) is 0.833. The van der Waals surface area contributed by atoms with Crippen LogP contribution < -0.4 is 14.7 Å². The topological polar surface area (TPSA) is 48.4 Å². The monoisotopic (exact) mass is 336 g/mol. The fourth-order valence-corrected chi connectivity index (χ4v) is 2.80. The summed E-state index contributed by atoms with van der Waals surface area (Å²) in [6.45, 7) is 18.7. The van der Waals surface area contributed by atoms with Crippen LogP contribution in [0.2, 0.25) is 0 Å². The molecule has 1 rings (SSSR count). The Labute approximate surface area is 148 Å². The van der Waals surface area contributed by atoms with E-state index in [0.29, 0.717) is 0 Å². The molecule has 0 aliphatic rings. The van der Waals surface area contributed by atoms with Crippen LogP contribution in [0.4, 0.5) is 17.8 Å². The zero-order valence-corrected chi connectivity index (χ0v) is 16.5. The van der Waals surface area contributed by atoms with Crippen LogP contribution in [0, 0.1) is 0 Å². The van der Waals surface area contributed by atoms with Gasteiger partial charge in [0.15, 0.2) is 0 Å². The van der Waals surface area contributed by atoms with E-state index in [9.17, 15) is 0 Å². The highest BCUT2D eigenvalue weighted by atomic mass is 15.4. The molecular formula is C18H36N6. The Kier molecular flexibility index (Phi) is 9.42. The van der Waals surface area contributed by atoms with Crippen molar-refractivity contribution in [2.45, 2.75) is 60.8 Å². The molecule has 24 heavy (non-hydrogen) atoms. The molecule has 138 valence electrons. The van der Waals surface area contributed by atoms with Crippen LogP contribution >= 0.6 is 0 Å². The Morgan fingerprint density at radius 2 is 0.833 bits per heavy atom. The fourth-order valence-electron chi connectivity index (χ4n) is 2.80. The summed E-state index contributed by atoms with van der Waals surface area (Å²) in [6.07, 6.45) is 3.27. The maximum atomic E-state index is 4.81. The molecule has 0 fully saturated rings. The largest absolute Gasteiger partial charge is 0.341 e. The summed E-state index contributed by atoms with van der Waals surface area (Å²) in [4.78, 5) is 21.1. The second-order valence-electron chi connectivity index (χ2n) is 5.97. The third-order valence-corrected chi connectivity index (χ3v) is 4.07. The predicted octanol–water partition coefficient (Wildman–Crippen LogP) is 3.58. The van der Waals surface area contributed by atoms with E-state index in [-0.39, 0.29) is 0 Å². The van der Waals surface area contributed by atoms with E-state index in [1.807, 2.05) is 0 Å². The van der Waals surface area contributed by atoms with E-state index >= 15 is 0 Å². The quantitative estimate of drug-likeness (QED) is 0.581. The van der Waals surface area contributed by atoms with E-state index in [2.05, 4.69) is 56.2 Å². The Balaban J connectivity index is 3.31. The van der Waals surface area contributed by atoms with Crippen molar-refractivity contribution in [2.75, 3.05) is 54.0 Å². The van der Waals surface area contributed by atoms with Crippen molar-refractivity contribution in [3.63, 3.8) is 0 Å². The number of anilines is 3. The van der Waals surface area contributed by atoms with Gasteiger partial charge in [-0.1, -0.05) is 20.8 Å². The summed E-state index contributed by atoms with van der Waals surface area (Å²) in [5, 5.41) is 0. The van der Waals surface area contributed by atoms with Gasteiger partial charge >= 0.3 is 0 Å². The zero-order valence-electron chi connectivity index (χ0n) is 16.5. The third kappa shape index (κ3) is 5.49. The number of nitrogens with zero attached hydrogens (tertiary/aromatic N) is 6. The molecule has 1 aromatic heterocycles. The van der Waals surface area contributed by atoms with Crippen molar-refractivity contribution in [1.82, 2.24) is 15.0 Å². The summed E-state index contributed by atoms with van der Waals surface area (Å²) in [7, 11) is 0. The molecule has 0 unspecified atom stereocenters. The highest BCUT2D eigenvalue weighted by Gasteiger charge is 2.18. The predicted molar refractivity (Wildman–Crippen MR) is 104 cm³/mol. The lowest BCUT2D eigenvalue weighted by atomic mass is 10.4. The van der Waals surface area contributed by atoms with E-state index in [0.717, 1.165) is 76.4 Å². The van der Waals surface area contributed by atoms with Gasteiger partial charge in [0.05, 0.1) is 0 Å². The summed E-state index contributed by atoms with van der Waals surface area (Å²) >= 11 is 0. The van der Waals surface area contributed by atoms with Gasteiger partial charge in [0.25, 0.3) is 0 Å². The van der Waals surface area contributed by atoms with Crippen LogP contribution in [0.5, 0.6) is 0 Å². The highest BCUT2D eigenvalue weighted by molar-refractivity contribution is 5.46. The molecule has 0 N–H and O–H groups in total. The van der Waals surface area contributed by atoms with Crippen LogP contribution in [0.1, 0.15) is 60.8 Å². The standard InChI is InChI=1S/C18H36N6/c1-7-13-23(12-6)17-19-16(22(10-4)11-5)20-18(21-17)24(14-8-2)15-9-3/h7-15H2,1-6H3. The zero-order chi connectivity index (χ0) is 17.9. The van der Waals surface area contributed by atoms with Crippen molar-refractivity contribution in [2.24, 2.45) is 0 Å². The van der Waals surface area contributed by atoms with Gasteiger partial charge in [0, 0.05) is 39.3 Å². The molecule has 0 spiro atoms. The lowest BCUT2D eigenvalue weighted by Gasteiger charge is -2.27. The highest BCUT2D eigenvalue weighted by Crippen LogP contribution is 2.20. The minimum absolute atomic E-state index is 0.798. The third-order valence-electron chi connectivity index (χ3n) is 4.07. The molecule has 0 aromatic carbocycles. The van der Waals surface area contributed by atoms with Gasteiger partial charge < -0.3 is 14.7 Å². The van der Waals surface area contributed by atoms with Gasteiger partial charge in [-0.05, 0) is 40.0 Å². The molecule has 0 aliphatic carbocycles. The van der Waals surface area contributed by atoms with E-state index in [1.165, 1.54) is 0 Å². The van der Waals surface area contributed by atoms with E-state index in [4.69, 9.17) is 15.0 Å².